The van der Waals surface area contributed by atoms with Crippen molar-refractivity contribution in [2.24, 2.45) is 10.9 Å². The zero-order valence-electron chi connectivity index (χ0n) is 10.6. The minimum atomic E-state index is -0.185. The summed E-state index contributed by atoms with van der Waals surface area (Å²) in [7, 11) is 1.73. The maximum absolute atomic E-state index is 13.4. The molecule has 1 fully saturated rings. The zero-order chi connectivity index (χ0) is 12.3. The second kappa shape index (κ2) is 6.92. The van der Waals surface area contributed by atoms with Crippen LogP contribution in [-0.4, -0.2) is 19.0 Å². The van der Waals surface area contributed by atoms with E-state index in [0.29, 0.717) is 24.1 Å². The number of aliphatic imine (C=N–C) groups is 1. The van der Waals surface area contributed by atoms with Gasteiger partial charge in [0.25, 0.3) is 0 Å². The molecule has 1 saturated carbocycles. The van der Waals surface area contributed by atoms with E-state index in [0.717, 1.165) is 5.96 Å². The van der Waals surface area contributed by atoms with Gasteiger partial charge in [-0.25, -0.2) is 4.39 Å². The van der Waals surface area contributed by atoms with Gasteiger partial charge >= 0.3 is 0 Å². The number of guanidine groups is 1. The second-order valence-corrected chi connectivity index (χ2v) is 4.48. The van der Waals surface area contributed by atoms with E-state index in [1.165, 1.54) is 12.5 Å². The van der Waals surface area contributed by atoms with E-state index in [1.807, 2.05) is 6.07 Å². The summed E-state index contributed by atoms with van der Waals surface area (Å²) in [4.78, 5) is 4.12. The molecule has 1 aromatic rings. The molecule has 2 unspecified atom stereocenters. The Morgan fingerprint density at radius 3 is 2.67 bits per heavy atom. The fourth-order valence-corrected chi connectivity index (χ4v) is 1.71. The summed E-state index contributed by atoms with van der Waals surface area (Å²) < 4.78 is 13.4. The molecule has 0 radical (unpaired) electrons. The van der Waals surface area contributed by atoms with Gasteiger partial charge in [-0.2, -0.15) is 0 Å². The fourth-order valence-electron chi connectivity index (χ4n) is 1.71. The minimum absolute atomic E-state index is 0. The molecule has 100 valence electrons. The van der Waals surface area contributed by atoms with Gasteiger partial charge in [-0.1, -0.05) is 25.1 Å². The first-order chi connectivity index (χ1) is 8.20. The molecule has 0 aromatic heterocycles. The molecule has 0 heterocycles. The molecule has 0 aliphatic heterocycles. The van der Waals surface area contributed by atoms with Gasteiger partial charge < -0.3 is 10.6 Å². The molecule has 2 rings (SSSR count). The molecule has 3 nitrogen and oxygen atoms in total. The first-order valence-electron chi connectivity index (χ1n) is 5.91. The van der Waals surface area contributed by atoms with Crippen molar-refractivity contribution in [2.45, 2.75) is 25.9 Å². The second-order valence-electron chi connectivity index (χ2n) is 4.48. The molecule has 18 heavy (non-hydrogen) atoms. The van der Waals surface area contributed by atoms with E-state index in [1.54, 1.807) is 19.2 Å². The molecule has 0 amide bonds. The van der Waals surface area contributed by atoms with Crippen LogP contribution in [0.15, 0.2) is 29.3 Å². The Bertz CT molecular complexity index is 422. The smallest absolute Gasteiger partial charge is 0.191 e. The van der Waals surface area contributed by atoms with Crippen molar-refractivity contribution in [3.05, 3.63) is 35.6 Å². The number of halogens is 2. The molecule has 0 bridgehead atoms. The highest BCUT2D eigenvalue weighted by Crippen LogP contribution is 2.28. The highest BCUT2D eigenvalue weighted by molar-refractivity contribution is 14.0. The van der Waals surface area contributed by atoms with E-state index in [9.17, 15) is 4.39 Å². The molecule has 2 atom stereocenters. The molecule has 0 spiro atoms. The lowest BCUT2D eigenvalue weighted by molar-refractivity contribution is 0.604. The highest BCUT2D eigenvalue weighted by atomic mass is 127. The Balaban J connectivity index is 0.00000162. The van der Waals surface area contributed by atoms with Crippen LogP contribution in [0.2, 0.25) is 0 Å². The first kappa shape index (κ1) is 15.2. The van der Waals surface area contributed by atoms with E-state index >= 15 is 0 Å². The molecule has 5 heteroatoms. The van der Waals surface area contributed by atoms with E-state index in [2.05, 4.69) is 22.5 Å². The molecule has 1 aliphatic carbocycles. The van der Waals surface area contributed by atoms with Gasteiger partial charge in [0.2, 0.25) is 0 Å². The standard InChI is InChI=1S/C13H18FN3.HI/c1-9-7-12(9)17-13(15-2)16-8-10-5-3-4-6-11(10)14;/h3-6,9,12H,7-8H2,1-2H3,(H2,15,16,17);1H. The van der Waals surface area contributed by atoms with Gasteiger partial charge in [0.1, 0.15) is 5.82 Å². The third kappa shape index (κ3) is 4.12. The lowest BCUT2D eigenvalue weighted by Crippen LogP contribution is -2.38. The van der Waals surface area contributed by atoms with Gasteiger partial charge in [0, 0.05) is 25.2 Å². The van der Waals surface area contributed by atoms with Crippen molar-refractivity contribution in [1.82, 2.24) is 10.6 Å². The van der Waals surface area contributed by atoms with E-state index in [4.69, 9.17) is 0 Å². The number of rotatable bonds is 3. The predicted octanol–water partition coefficient (Wildman–Crippen LogP) is 2.52. The summed E-state index contributed by atoms with van der Waals surface area (Å²) in [6, 6.07) is 7.28. The summed E-state index contributed by atoms with van der Waals surface area (Å²) in [5.74, 6) is 1.26. The van der Waals surface area contributed by atoms with Crippen LogP contribution in [0.3, 0.4) is 0 Å². The van der Waals surface area contributed by atoms with Crippen molar-refractivity contribution < 1.29 is 4.39 Å². The lowest BCUT2D eigenvalue weighted by atomic mass is 10.2. The molecule has 2 N–H and O–H groups in total. The monoisotopic (exact) mass is 363 g/mol. The Hall–Kier alpha value is -0.850. The summed E-state index contributed by atoms with van der Waals surface area (Å²) in [5, 5.41) is 6.41. The van der Waals surface area contributed by atoms with Crippen LogP contribution in [0, 0.1) is 11.7 Å². The topological polar surface area (TPSA) is 36.4 Å². The number of benzene rings is 1. The van der Waals surface area contributed by atoms with Crippen molar-refractivity contribution in [2.75, 3.05) is 7.05 Å². The van der Waals surface area contributed by atoms with E-state index < -0.39 is 0 Å². The number of hydrogen-bond acceptors (Lipinski definition) is 1. The van der Waals surface area contributed by atoms with Crippen LogP contribution in [-0.2, 0) is 6.54 Å². The van der Waals surface area contributed by atoms with Crippen LogP contribution in [0.1, 0.15) is 18.9 Å². The van der Waals surface area contributed by atoms with Crippen LogP contribution in [0.4, 0.5) is 4.39 Å². The Morgan fingerprint density at radius 2 is 2.11 bits per heavy atom. The Morgan fingerprint density at radius 1 is 1.44 bits per heavy atom. The average Bonchev–Trinajstić information content (AvgIpc) is 3.02. The summed E-state index contributed by atoms with van der Waals surface area (Å²) >= 11 is 0. The fraction of sp³-hybridized carbons (Fsp3) is 0.462. The molecular formula is C13H19FIN3. The minimum Gasteiger partial charge on any atom is -0.353 e. The molecule has 1 aromatic carbocycles. The third-order valence-electron chi connectivity index (χ3n) is 3.06. The SMILES string of the molecule is CN=C(NCc1ccccc1F)NC1CC1C.I. The number of hydrogen-bond donors (Lipinski definition) is 2. The van der Waals surface area contributed by atoms with Crippen molar-refractivity contribution in [3.8, 4) is 0 Å². The third-order valence-corrected chi connectivity index (χ3v) is 3.06. The van der Waals surface area contributed by atoms with E-state index in [-0.39, 0.29) is 29.8 Å². The largest absolute Gasteiger partial charge is 0.353 e. The van der Waals surface area contributed by atoms with Gasteiger partial charge in [-0.15, -0.1) is 24.0 Å². The molecule has 1 aliphatic rings. The van der Waals surface area contributed by atoms with Gasteiger partial charge in [-0.3, -0.25) is 4.99 Å². The van der Waals surface area contributed by atoms with Crippen LogP contribution >= 0.6 is 24.0 Å². The normalized spacial score (nSPS) is 22.1. The summed E-state index contributed by atoms with van der Waals surface area (Å²) in [5.41, 5.74) is 0.652. The predicted molar refractivity (Wildman–Crippen MR) is 82.7 cm³/mol. The van der Waals surface area contributed by atoms with Crippen molar-refractivity contribution in [1.29, 1.82) is 0 Å². The van der Waals surface area contributed by atoms with Crippen molar-refractivity contribution >= 4 is 29.9 Å². The summed E-state index contributed by atoms with van der Waals surface area (Å²) in [6.45, 7) is 2.65. The van der Waals surface area contributed by atoms with Gasteiger partial charge in [-0.05, 0) is 18.4 Å². The molecular weight excluding hydrogens is 344 g/mol. The quantitative estimate of drug-likeness (QED) is 0.492. The number of nitrogens with one attached hydrogen (secondary N) is 2. The van der Waals surface area contributed by atoms with Crippen LogP contribution in [0.5, 0.6) is 0 Å². The van der Waals surface area contributed by atoms with Gasteiger partial charge in [0.15, 0.2) is 5.96 Å². The van der Waals surface area contributed by atoms with Crippen LogP contribution in [0.25, 0.3) is 0 Å². The number of nitrogens with zero attached hydrogens (tertiary/aromatic N) is 1. The van der Waals surface area contributed by atoms with Gasteiger partial charge in [0.05, 0.1) is 0 Å². The first-order valence-corrected chi connectivity index (χ1v) is 5.91. The lowest BCUT2D eigenvalue weighted by Gasteiger charge is -2.11. The highest BCUT2D eigenvalue weighted by Gasteiger charge is 2.33. The Labute approximate surface area is 124 Å². The average molecular weight is 363 g/mol. The molecule has 0 saturated heterocycles. The maximum Gasteiger partial charge on any atom is 0.191 e. The summed E-state index contributed by atoms with van der Waals surface area (Å²) in [6.07, 6.45) is 1.18. The van der Waals surface area contributed by atoms with Crippen molar-refractivity contribution in [3.63, 3.8) is 0 Å². The maximum atomic E-state index is 13.4. The van der Waals surface area contributed by atoms with Crippen LogP contribution < -0.4 is 10.6 Å². The Kier molecular flexibility index (Phi) is 5.84. The zero-order valence-corrected chi connectivity index (χ0v) is 12.9.